The lowest BCUT2D eigenvalue weighted by Gasteiger charge is -2.30. The number of carbonyl (C=O) groups is 4. The third-order valence-corrected chi connectivity index (χ3v) is 12.1. The first-order valence-corrected chi connectivity index (χ1v) is 20.3. The van der Waals surface area contributed by atoms with E-state index < -0.39 is 24.3 Å². The van der Waals surface area contributed by atoms with Crippen molar-refractivity contribution in [1.82, 2.24) is 40.4 Å². The topological polar surface area (TPSA) is 184 Å². The summed E-state index contributed by atoms with van der Waals surface area (Å²) < 4.78 is 16.0. The fraction of sp³-hybridized carbons (Fsp3) is 0.488. The van der Waals surface area contributed by atoms with E-state index >= 15 is 0 Å². The van der Waals surface area contributed by atoms with Gasteiger partial charge in [0.15, 0.2) is 0 Å². The standard InChI is InChI=1S/C43H52N8O7/c1-22(2)35(48-42(54)56-5)40(52)50-15-7-9-32(50)38-44-20-31(46-38)25-11-13-27-26(17-25)21-58-34-19-28-24(18-29(27)34)12-14-30-37(28)47-39(45-30)33-10-8-16-51(33)41(53)36(23(3)4)49-43(55)57-6/h11,13,17-20,22-23,32-33,35-36H,7-10,12,14-16,21H2,1-6H3,(H,44,46)(H,45,47)(H,48,54)(H,49,55)/t32-,33-,35?,36-/m0/s1. The first-order chi connectivity index (χ1) is 27.9. The predicted molar refractivity (Wildman–Crippen MR) is 214 cm³/mol. The average molecular weight is 793 g/mol. The summed E-state index contributed by atoms with van der Waals surface area (Å²) in [5.41, 5.74) is 9.24. The highest BCUT2D eigenvalue weighted by Crippen LogP contribution is 2.45. The Bertz CT molecular complexity index is 2240. The molecule has 306 valence electrons. The summed E-state index contributed by atoms with van der Waals surface area (Å²) in [6.07, 6.45) is 5.45. The highest BCUT2D eigenvalue weighted by Gasteiger charge is 2.40. The van der Waals surface area contributed by atoms with Gasteiger partial charge in [0, 0.05) is 29.9 Å². The molecule has 4 aromatic rings. The molecule has 4 N–H and O–H groups in total. The maximum Gasteiger partial charge on any atom is 0.407 e. The molecule has 0 spiro atoms. The zero-order chi connectivity index (χ0) is 40.8. The number of aryl methyl sites for hydroxylation is 2. The number of amides is 4. The second-order valence-electron chi connectivity index (χ2n) is 16.4. The van der Waals surface area contributed by atoms with E-state index in [1.54, 1.807) is 0 Å². The van der Waals surface area contributed by atoms with Crippen LogP contribution in [0.5, 0.6) is 5.75 Å². The van der Waals surface area contributed by atoms with Gasteiger partial charge in [-0.2, -0.15) is 0 Å². The molecule has 2 saturated heterocycles. The first-order valence-electron chi connectivity index (χ1n) is 20.3. The molecule has 5 heterocycles. The van der Waals surface area contributed by atoms with E-state index in [0.717, 1.165) is 101 Å². The molecule has 3 aliphatic heterocycles. The number of nitrogens with one attached hydrogen (secondary N) is 4. The summed E-state index contributed by atoms with van der Waals surface area (Å²) in [4.78, 5) is 72.1. The van der Waals surface area contributed by atoms with Crippen LogP contribution >= 0.6 is 0 Å². The van der Waals surface area contributed by atoms with Crippen molar-refractivity contribution < 1.29 is 33.4 Å². The second-order valence-corrected chi connectivity index (χ2v) is 16.4. The van der Waals surface area contributed by atoms with Crippen LogP contribution in [0.15, 0.2) is 36.5 Å². The summed E-state index contributed by atoms with van der Waals surface area (Å²) in [5, 5.41) is 5.43. The number of imidazole rings is 2. The molecule has 8 rings (SSSR count). The van der Waals surface area contributed by atoms with Crippen molar-refractivity contribution in [3.63, 3.8) is 0 Å². The molecule has 1 unspecified atom stereocenters. The minimum absolute atomic E-state index is 0.111. The van der Waals surface area contributed by atoms with E-state index in [2.05, 4.69) is 50.9 Å². The number of fused-ring (bicyclic) bond motifs is 6. The lowest BCUT2D eigenvalue weighted by Crippen LogP contribution is -2.51. The molecule has 2 aromatic carbocycles. The summed E-state index contributed by atoms with van der Waals surface area (Å²) in [5.74, 6) is 1.79. The number of carbonyl (C=O) groups excluding carboxylic acids is 4. The van der Waals surface area contributed by atoms with Crippen LogP contribution in [-0.2, 0) is 38.5 Å². The Balaban J connectivity index is 1.01. The van der Waals surface area contributed by atoms with Gasteiger partial charge in [0.2, 0.25) is 11.8 Å². The van der Waals surface area contributed by atoms with Gasteiger partial charge >= 0.3 is 12.2 Å². The molecule has 4 amide bonds. The van der Waals surface area contributed by atoms with E-state index in [0.29, 0.717) is 19.7 Å². The Morgan fingerprint density at radius 2 is 1.41 bits per heavy atom. The molecule has 0 radical (unpaired) electrons. The van der Waals surface area contributed by atoms with Crippen molar-refractivity contribution in [2.75, 3.05) is 27.3 Å². The largest absolute Gasteiger partial charge is 0.488 e. The molecule has 15 heteroatoms. The molecule has 0 saturated carbocycles. The highest BCUT2D eigenvalue weighted by molar-refractivity contribution is 5.88. The molecule has 15 nitrogen and oxygen atoms in total. The van der Waals surface area contributed by atoms with Gasteiger partial charge in [-0.05, 0) is 90.8 Å². The van der Waals surface area contributed by atoms with Crippen LogP contribution in [0.25, 0.3) is 33.6 Å². The molecule has 58 heavy (non-hydrogen) atoms. The van der Waals surface area contributed by atoms with Gasteiger partial charge in [0.1, 0.15) is 36.1 Å². The Morgan fingerprint density at radius 1 is 0.776 bits per heavy atom. The number of nitrogens with zero attached hydrogens (tertiary/aromatic N) is 4. The minimum atomic E-state index is -0.697. The number of aromatic amines is 2. The van der Waals surface area contributed by atoms with Crippen molar-refractivity contribution in [3.8, 4) is 39.4 Å². The van der Waals surface area contributed by atoms with Crippen LogP contribution in [0, 0.1) is 11.8 Å². The molecular weight excluding hydrogens is 741 g/mol. The summed E-state index contributed by atoms with van der Waals surface area (Å²) >= 11 is 0. The van der Waals surface area contributed by atoms with E-state index in [9.17, 15) is 19.2 Å². The van der Waals surface area contributed by atoms with Crippen molar-refractivity contribution in [1.29, 1.82) is 0 Å². The molecule has 0 bridgehead atoms. The third kappa shape index (κ3) is 7.15. The number of hydrogen-bond acceptors (Lipinski definition) is 9. The number of likely N-dealkylation sites (tertiary alicyclic amines) is 2. The third-order valence-electron chi connectivity index (χ3n) is 12.1. The van der Waals surface area contributed by atoms with Crippen molar-refractivity contribution in [2.24, 2.45) is 11.8 Å². The molecule has 4 atom stereocenters. The lowest BCUT2D eigenvalue weighted by atomic mass is 9.86. The molecule has 2 fully saturated rings. The van der Waals surface area contributed by atoms with E-state index in [1.165, 1.54) is 19.8 Å². The van der Waals surface area contributed by atoms with E-state index in [1.807, 2.05) is 43.7 Å². The zero-order valence-electron chi connectivity index (χ0n) is 33.9. The number of ether oxygens (including phenoxy) is 3. The number of H-pyrrole nitrogens is 2. The van der Waals surface area contributed by atoms with Crippen molar-refractivity contribution in [2.45, 2.75) is 97.0 Å². The smallest absolute Gasteiger partial charge is 0.407 e. The van der Waals surface area contributed by atoms with E-state index in [-0.39, 0.29) is 35.7 Å². The van der Waals surface area contributed by atoms with Crippen LogP contribution in [0.2, 0.25) is 0 Å². The van der Waals surface area contributed by atoms with Crippen LogP contribution in [0.3, 0.4) is 0 Å². The van der Waals surface area contributed by atoms with Gasteiger partial charge in [-0.3, -0.25) is 9.59 Å². The zero-order valence-corrected chi connectivity index (χ0v) is 33.9. The molecule has 4 aliphatic rings. The van der Waals surface area contributed by atoms with Crippen LogP contribution in [-0.4, -0.2) is 93.1 Å². The van der Waals surface area contributed by atoms with Gasteiger partial charge in [0.05, 0.1) is 43.9 Å². The number of methoxy groups -OCH3 is 2. The maximum atomic E-state index is 13.8. The number of aromatic nitrogens is 4. The number of alkyl carbamates (subject to hydrolysis) is 2. The molecule has 2 aromatic heterocycles. The Morgan fingerprint density at radius 3 is 2.03 bits per heavy atom. The summed E-state index contributed by atoms with van der Waals surface area (Å²) in [7, 11) is 2.59. The first kappa shape index (κ1) is 39.0. The van der Waals surface area contributed by atoms with Gasteiger partial charge in [-0.15, -0.1) is 0 Å². The van der Waals surface area contributed by atoms with Crippen LogP contribution < -0.4 is 15.4 Å². The quantitative estimate of drug-likeness (QED) is 0.153. The molecular formula is C43H52N8O7. The summed E-state index contributed by atoms with van der Waals surface area (Å²) in [6, 6.07) is 8.88. The lowest BCUT2D eigenvalue weighted by molar-refractivity contribution is -0.136. The van der Waals surface area contributed by atoms with Gasteiger partial charge in [0.25, 0.3) is 0 Å². The average Bonchev–Trinajstić information content (AvgIpc) is 4.06. The SMILES string of the molecule is COC(=O)NC(C(=O)N1CCC[C@H]1c1ncc(-c2ccc3c(c2)COc2cc4c(cc2-3)CCc2[nH]c([C@@H]3CCCN3C(=O)[C@@H](NC(=O)OC)C(C)C)nc2-4)[nH]1)C(C)C. The number of benzene rings is 2. The van der Waals surface area contributed by atoms with Gasteiger partial charge in [-0.25, -0.2) is 19.6 Å². The summed E-state index contributed by atoms with van der Waals surface area (Å²) in [6.45, 7) is 9.22. The predicted octanol–water partition coefficient (Wildman–Crippen LogP) is 6.21. The number of hydrogen-bond donors (Lipinski definition) is 4. The van der Waals surface area contributed by atoms with Crippen molar-refractivity contribution in [3.05, 3.63) is 65.0 Å². The molecule has 1 aliphatic carbocycles. The Labute approximate surface area is 337 Å². The maximum absolute atomic E-state index is 13.8. The highest BCUT2D eigenvalue weighted by atomic mass is 16.5. The van der Waals surface area contributed by atoms with Gasteiger partial charge < -0.3 is 44.6 Å². The second kappa shape index (κ2) is 15.8. The fourth-order valence-electron chi connectivity index (χ4n) is 8.97. The number of rotatable bonds is 9. The fourth-order valence-corrected chi connectivity index (χ4v) is 8.97. The van der Waals surface area contributed by atoms with E-state index in [4.69, 9.17) is 24.2 Å². The van der Waals surface area contributed by atoms with Gasteiger partial charge in [-0.1, -0.05) is 39.8 Å². The monoisotopic (exact) mass is 792 g/mol. The van der Waals surface area contributed by atoms with Crippen LogP contribution in [0.4, 0.5) is 9.59 Å². The van der Waals surface area contributed by atoms with Crippen LogP contribution in [0.1, 0.15) is 93.9 Å². The van der Waals surface area contributed by atoms with Crippen molar-refractivity contribution >= 4 is 24.0 Å². The Kier molecular flexibility index (Phi) is 10.6. The Hall–Kier alpha value is -5.86. The minimum Gasteiger partial charge on any atom is -0.488 e. The normalized spacial score (nSPS) is 19.1.